The highest BCUT2D eigenvalue weighted by Crippen LogP contribution is 2.27. The Morgan fingerprint density at radius 1 is 1.00 bits per heavy atom. The minimum atomic E-state index is -0.787. The molecule has 3 aromatic rings. The SMILES string of the molecule is CCOc1ccc(/C=[N+]2\NC(=O)[C@@H](NC(=O)c3ccccc3)[C@H]2c2ccc(OC)cc2)cc1. The van der Waals surface area contributed by atoms with Gasteiger partial charge in [0.1, 0.15) is 11.5 Å². The molecule has 1 saturated heterocycles. The quantitative estimate of drug-likeness (QED) is 0.549. The van der Waals surface area contributed by atoms with Crippen LogP contribution in [0.15, 0.2) is 78.9 Å². The van der Waals surface area contributed by atoms with Crippen molar-refractivity contribution in [2.24, 2.45) is 0 Å². The number of amides is 2. The molecule has 0 aromatic heterocycles. The van der Waals surface area contributed by atoms with Gasteiger partial charge in [-0.2, -0.15) is 0 Å². The Bertz CT molecular complexity index is 1140. The van der Waals surface area contributed by atoms with Gasteiger partial charge in [-0.1, -0.05) is 18.2 Å². The molecular formula is C26H26N3O4+. The van der Waals surface area contributed by atoms with Crippen LogP contribution in [0.3, 0.4) is 0 Å². The maximum Gasteiger partial charge on any atom is 0.304 e. The lowest BCUT2D eigenvalue weighted by molar-refractivity contribution is -0.596. The molecule has 0 unspecified atom stereocenters. The number of carbonyl (C=O) groups excluding carboxylic acids is 2. The summed E-state index contributed by atoms with van der Waals surface area (Å²) in [5.74, 6) is 0.891. The molecular weight excluding hydrogens is 418 g/mol. The second-order valence-electron chi connectivity index (χ2n) is 7.55. The average molecular weight is 445 g/mol. The molecule has 33 heavy (non-hydrogen) atoms. The third-order valence-electron chi connectivity index (χ3n) is 5.40. The van der Waals surface area contributed by atoms with E-state index in [4.69, 9.17) is 9.47 Å². The summed E-state index contributed by atoms with van der Waals surface area (Å²) >= 11 is 0. The van der Waals surface area contributed by atoms with E-state index in [9.17, 15) is 9.59 Å². The second kappa shape index (κ2) is 9.99. The first-order valence-corrected chi connectivity index (χ1v) is 10.8. The molecule has 1 aliphatic heterocycles. The number of ether oxygens (including phenoxy) is 2. The zero-order chi connectivity index (χ0) is 23.2. The molecule has 7 nitrogen and oxygen atoms in total. The van der Waals surface area contributed by atoms with Gasteiger partial charge in [-0.25, -0.2) is 0 Å². The Kier molecular flexibility index (Phi) is 6.69. The molecule has 168 valence electrons. The van der Waals surface area contributed by atoms with Crippen LogP contribution in [0.5, 0.6) is 11.5 Å². The van der Waals surface area contributed by atoms with Gasteiger partial charge in [0.2, 0.25) is 12.3 Å². The number of hydrazone groups is 1. The Labute approximate surface area is 192 Å². The highest BCUT2D eigenvalue weighted by atomic mass is 16.5. The van der Waals surface area contributed by atoms with Gasteiger partial charge >= 0.3 is 5.91 Å². The number of methoxy groups -OCH3 is 1. The molecule has 7 heteroatoms. The molecule has 0 aliphatic carbocycles. The van der Waals surface area contributed by atoms with Crippen molar-refractivity contribution in [2.75, 3.05) is 13.7 Å². The summed E-state index contributed by atoms with van der Waals surface area (Å²) < 4.78 is 12.5. The molecule has 1 heterocycles. The number of rotatable bonds is 7. The van der Waals surface area contributed by atoms with Crippen molar-refractivity contribution in [1.29, 1.82) is 0 Å². The van der Waals surface area contributed by atoms with E-state index in [1.54, 1.807) is 36.1 Å². The van der Waals surface area contributed by atoms with E-state index in [-0.39, 0.29) is 11.8 Å². The van der Waals surface area contributed by atoms with E-state index in [0.717, 1.165) is 16.9 Å². The van der Waals surface area contributed by atoms with E-state index in [1.165, 1.54) is 0 Å². The van der Waals surface area contributed by atoms with Crippen molar-refractivity contribution >= 4 is 18.0 Å². The molecule has 0 bridgehead atoms. The normalized spacial score (nSPS) is 18.6. The maximum absolute atomic E-state index is 13.0. The Morgan fingerprint density at radius 3 is 2.30 bits per heavy atom. The minimum absolute atomic E-state index is 0.290. The molecule has 3 aromatic carbocycles. The largest absolute Gasteiger partial charge is 0.497 e. The predicted octanol–water partition coefficient (Wildman–Crippen LogP) is 3.11. The zero-order valence-electron chi connectivity index (χ0n) is 18.5. The molecule has 0 saturated carbocycles. The van der Waals surface area contributed by atoms with Gasteiger partial charge in [-0.3, -0.25) is 9.59 Å². The van der Waals surface area contributed by atoms with Crippen LogP contribution < -0.4 is 20.2 Å². The number of hydrogen-bond donors (Lipinski definition) is 2. The lowest BCUT2D eigenvalue weighted by Crippen LogP contribution is -2.42. The first kappa shape index (κ1) is 22.1. The number of nitrogens with zero attached hydrogens (tertiary/aromatic N) is 1. The zero-order valence-corrected chi connectivity index (χ0v) is 18.5. The summed E-state index contributed by atoms with van der Waals surface area (Å²) in [6.45, 7) is 2.52. The van der Waals surface area contributed by atoms with Gasteiger partial charge < -0.3 is 14.8 Å². The number of benzene rings is 3. The van der Waals surface area contributed by atoms with Crippen molar-refractivity contribution in [1.82, 2.24) is 10.7 Å². The molecule has 0 spiro atoms. The van der Waals surface area contributed by atoms with Crippen LogP contribution in [0.4, 0.5) is 0 Å². The molecule has 2 N–H and O–H groups in total. The van der Waals surface area contributed by atoms with Gasteiger partial charge in [-0.05, 0) is 67.6 Å². The van der Waals surface area contributed by atoms with Crippen LogP contribution in [0.2, 0.25) is 0 Å². The van der Waals surface area contributed by atoms with Crippen LogP contribution in [0.1, 0.15) is 34.5 Å². The summed E-state index contributed by atoms with van der Waals surface area (Å²) in [5, 5.41) is 2.90. The van der Waals surface area contributed by atoms with E-state index < -0.39 is 12.1 Å². The highest BCUT2D eigenvalue weighted by molar-refractivity contribution is 5.98. The number of nitrogens with one attached hydrogen (secondary N) is 2. The molecule has 0 radical (unpaired) electrons. The van der Waals surface area contributed by atoms with Crippen molar-refractivity contribution in [3.05, 3.63) is 95.6 Å². The fraction of sp³-hybridized carbons (Fsp3) is 0.192. The Hall–Kier alpha value is -4.13. The highest BCUT2D eigenvalue weighted by Gasteiger charge is 2.47. The number of hydrazine groups is 1. The molecule has 1 fully saturated rings. The third kappa shape index (κ3) is 5.03. The standard InChI is InChI=1S/C26H25N3O4/c1-3-33-22-13-9-18(10-14-22)17-29-24(19-11-15-21(32-2)16-12-19)23(26(31)28-29)27-25(30)20-7-5-4-6-8-20/h4-17,23-24H,3H2,1-2H3,(H-,27,28,30,31)/p+1/b29-17-/t23-,24+/m0/s1. The fourth-order valence-electron chi connectivity index (χ4n) is 3.77. The van der Waals surface area contributed by atoms with Crippen LogP contribution in [-0.4, -0.2) is 42.5 Å². The topological polar surface area (TPSA) is 79.7 Å². The van der Waals surface area contributed by atoms with Crippen LogP contribution in [0, 0.1) is 0 Å². The van der Waals surface area contributed by atoms with Gasteiger partial charge in [0.15, 0.2) is 6.04 Å². The Balaban J connectivity index is 1.67. The van der Waals surface area contributed by atoms with Crippen molar-refractivity contribution in [2.45, 2.75) is 19.0 Å². The predicted molar refractivity (Wildman–Crippen MR) is 125 cm³/mol. The van der Waals surface area contributed by atoms with E-state index >= 15 is 0 Å². The first-order valence-electron chi connectivity index (χ1n) is 10.8. The van der Waals surface area contributed by atoms with Gasteiger partial charge in [0.25, 0.3) is 5.91 Å². The molecule has 1 aliphatic rings. The lowest BCUT2D eigenvalue weighted by atomic mass is 9.99. The number of hydrogen-bond acceptors (Lipinski definition) is 4. The second-order valence-corrected chi connectivity index (χ2v) is 7.55. The van der Waals surface area contributed by atoms with Crippen LogP contribution in [-0.2, 0) is 4.79 Å². The van der Waals surface area contributed by atoms with E-state index in [0.29, 0.717) is 17.9 Å². The van der Waals surface area contributed by atoms with Crippen LogP contribution in [0.25, 0.3) is 0 Å². The monoisotopic (exact) mass is 444 g/mol. The van der Waals surface area contributed by atoms with Gasteiger partial charge in [0, 0.05) is 16.7 Å². The van der Waals surface area contributed by atoms with E-state index in [2.05, 4.69) is 10.7 Å². The van der Waals surface area contributed by atoms with Crippen molar-refractivity contribution in [3.63, 3.8) is 0 Å². The fourth-order valence-corrected chi connectivity index (χ4v) is 3.77. The maximum atomic E-state index is 13.0. The summed E-state index contributed by atoms with van der Waals surface area (Å²) in [6.07, 6.45) is 1.84. The summed E-state index contributed by atoms with van der Waals surface area (Å²) in [5.41, 5.74) is 5.12. The summed E-state index contributed by atoms with van der Waals surface area (Å²) in [7, 11) is 1.60. The molecule has 4 rings (SSSR count). The van der Waals surface area contributed by atoms with Gasteiger partial charge in [0.05, 0.1) is 13.7 Å². The van der Waals surface area contributed by atoms with Gasteiger partial charge in [-0.15, -0.1) is 10.1 Å². The lowest BCUT2D eigenvalue weighted by Gasteiger charge is -2.15. The summed E-state index contributed by atoms with van der Waals surface area (Å²) in [6, 6.07) is 22.7. The number of carbonyl (C=O) groups is 2. The first-order chi connectivity index (χ1) is 16.1. The van der Waals surface area contributed by atoms with Crippen molar-refractivity contribution in [3.8, 4) is 11.5 Å². The molecule has 2 amide bonds. The van der Waals surface area contributed by atoms with Crippen molar-refractivity contribution < 1.29 is 23.7 Å². The smallest absolute Gasteiger partial charge is 0.304 e. The summed E-state index contributed by atoms with van der Waals surface area (Å²) in [4.78, 5) is 25.8. The van der Waals surface area contributed by atoms with E-state index in [1.807, 2.05) is 67.7 Å². The average Bonchev–Trinajstić information content (AvgIpc) is 3.15. The third-order valence-corrected chi connectivity index (χ3v) is 5.40. The molecule has 2 atom stereocenters. The Morgan fingerprint density at radius 2 is 1.67 bits per heavy atom. The minimum Gasteiger partial charge on any atom is -0.497 e. The van der Waals surface area contributed by atoms with Crippen LogP contribution >= 0.6 is 0 Å².